The molecule has 0 heterocycles. The molecule has 0 atom stereocenters. The van der Waals surface area contributed by atoms with Crippen molar-refractivity contribution in [2.24, 2.45) is 5.73 Å². The monoisotopic (exact) mass is 305 g/mol. The number of carbonyl (C=O) groups is 1. The molecule has 0 fully saturated rings. The predicted molar refractivity (Wildman–Crippen MR) is 70.7 cm³/mol. The molecule has 1 rings (SSSR count). The predicted octanol–water partition coefficient (Wildman–Crippen LogP) is 2.88. The van der Waals surface area contributed by atoms with Crippen LogP contribution in [0.15, 0.2) is 18.2 Å². The van der Waals surface area contributed by atoms with Gasteiger partial charge in [0.15, 0.2) is 6.61 Å². The molecule has 0 aliphatic heterocycles. The molecule has 1 aromatic carbocycles. The third-order valence-electron chi connectivity index (χ3n) is 2.35. The van der Waals surface area contributed by atoms with Crippen molar-refractivity contribution in [3.05, 3.63) is 29.3 Å². The van der Waals surface area contributed by atoms with E-state index in [2.05, 4.69) is 0 Å². The molecule has 2 N–H and O–H groups in total. The molecule has 7 heteroatoms. The van der Waals surface area contributed by atoms with Crippen LogP contribution in [-0.4, -0.2) is 18.2 Å². The number of nitrogens with two attached hydrogens (primary N) is 1. The summed E-state index contributed by atoms with van der Waals surface area (Å²) < 4.78 is 48.7. The molecule has 0 radical (unpaired) electrons. The fourth-order valence-electron chi connectivity index (χ4n) is 1.56. The van der Waals surface area contributed by atoms with Crippen LogP contribution in [0.3, 0.4) is 0 Å². The minimum Gasteiger partial charge on any atom is -0.481 e. The number of halogens is 3. The molecule has 0 aliphatic rings. The van der Waals surface area contributed by atoms with E-state index in [1.165, 1.54) is 6.07 Å². The Morgan fingerprint density at radius 1 is 1.24 bits per heavy atom. The Morgan fingerprint density at radius 3 is 2.33 bits per heavy atom. The van der Waals surface area contributed by atoms with Gasteiger partial charge < -0.3 is 15.2 Å². The number of benzene rings is 1. The first-order valence-corrected chi connectivity index (χ1v) is 6.28. The zero-order valence-electron chi connectivity index (χ0n) is 12.1. The van der Waals surface area contributed by atoms with E-state index in [1.54, 1.807) is 20.8 Å². The van der Waals surface area contributed by atoms with Crippen LogP contribution in [0.4, 0.5) is 13.2 Å². The molecular formula is C14H18F3NO3. The highest BCUT2D eigenvalue weighted by atomic mass is 19.4. The zero-order valence-corrected chi connectivity index (χ0v) is 12.1. The minimum absolute atomic E-state index is 0.0184. The number of carbonyl (C=O) groups excluding carboxylic acids is 1. The third kappa shape index (κ3) is 5.63. The van der Waals surface area contributed by atoms with Crippen molar-refractivity contribution in [3.8, 4) is 5.75 Å². The van der Waals surface area contributed by atoms with E-state index in [9.17, 15) is 18.0 Å². The fourth-order valence-corrected chi connectivity index (χ4v) is 1.56. The van der Waals surface area contributed by atoms with Crippen molar-refractivity contribution in [2.45, 2.75) is 39.1 Å². The Labute approximate surface area is 121 Å². The summed E-state index contributed by atoms with van der Waals surface area (Å²) in [7, 11) is 0. The summed E-state index contributed by atoms with van der Waals surface area (Å²) >= 11 is 0. The summed E-state index contributed by atoms with van der Waals surface area (Å²) in [6.07, 6.45) is -4.59. The van der Waals surface area contributed by atoms with Gasteiger partial charge in [-0.05, 0) is 38.5 Å². The van der Waals surface area contributed by atoms with Crippen LogP contribution in [0.25, 0.3) is 0 Å². The summed E-state index contributed by atoms with van der Waals surface area (Å²) in [4.78, 5) is 11.5. The second-order valence-electron chi connectivity index (χ2n) is 5.41. The molecule has 0 saturated heterocycles. The van der Waals surface area contributed by atoms with Crippen molar-refractivity contribution < 1.29 is 27.4 Å². The van der Waals surface area contributed by atoms with Gasteiger partial charge in [0.2, 0.25) is 0 Å². The minimum atomic E-state index is -4.59. The average Bonchev–Trinajstić information content (AvgIpc) is 2.33. The molecule has 0 aromatic heterocycles. The molecule has 0 bridgehead atoms. The van der Waals surface area contributed by atoms with Crippen molar-refractivity contribution in [1.29, 1.82) is 0 Å². The molecule has 1 aromatic rings. The number of hydrogen-bond acceptors (Lipinski definition) is 4. The van der Waals surface area contributed by atoms with Crippen molar-refractivity contribution in [1.82, 2.24) is 0 Å². The molecule has 0 spiro atoms. The highest BCUT2D eigenvalue weighted by Gasteiger charge is 2.35. The lowest BCUT2D eigenvalue weighted by molar-refractivity contribution is -0.158. The van der Waals surface area contributed by atoms with Crippen LogP contribution >= 0.6 is 0 Å². The molecule has 0 aliphatic carbocycles. The molecular weight excluding hydrogens is 287 g/mol. The van der Waals surface area contributed by atoms with Crippen LogP contribution in [-0.2, 0) is 22.3 Å². The van der Waals surface area contributed by atoms with Crippen molar-refractivity contribution in [2.75, 3.05) is 6.61 Å². The molecule has 0 amide bonds. The van der Waals surface area contributed by atoms with Gasteiger partial charge in [-0.2, -0.15) is 13.2 Å². The fraction of sp³-hybridized carbons (Fsp3) is 0.500. The maximum Gasteiger partial charge on any atom is 0.419 e. The van der Waals surface area contributed by atoms with Crippen LogP contribution in [0.5, 0.6) is 5.75 Å². The number of ether oxygens (including phenoxy) is 2. The normalized spacial score (nSPS) is 12.1. The topological polar surface area (TPSA) is 61.5 Å². The second kappa shape index (κ2) is 6.34. The lowest BCUT2D eigenvalue weighted by atomic mass is 10.1. The van der Waals surface area contributed by atoms with E-state index in [0.29, 0.717) is 5.56 Å². The van der Waals surface area contributed by atoms with Gasteiger partial charge >= 0.3 is 12.1 Å². The lowest BCUT2D eigenvalue weighted by Crippen LogP contribution is -2.27. The Hall–Kier alpha value is -1.76. The van der Waals surface area contributed by atoms with Crippen LogP contribution in [0.1, 0.15) is 31.9 Å². The van der Waals surface area contributed by atoms with Gasteiger partial charge in [-0.1, -0.05) is 6.07 Å². The first-order valence-electron chi connectivity index (χ1n) is 6.28. The first kappa shape index (κ1) is 17.3. The van der Waals surface area contributed by atoms with Gasteiger partial charge in [0.25, 0.3) is 0 Å². The summed E-state index contributed by atoms with van der Waals surface area (Å²) in [6.45, 7) is 4.35. The van der Waals surface area contributed by atoms with E-state index in [1.807, 2.05) is 0 Å². The SMILES string of the molecule is CC(C)(C)OC(=O)COc1ccc(CN)cc1C(F)(F)F. The van der Waals surface area contributed by atoms with Gasteiger partial charge in [-0.15, -0.1) is 0 Å². The average molecular weight is 305 g/mol. The Kier molecular flexibility index (Phi) is 5.22. The maximum atomic E-state index is 12.9. The standard InChI is InChI=1S/C14H18F3NO3/c1-13(2,3)21-12(19)8-20-11-5-4-9(7-18)6-10(11)14(15,16)17/h4-6H,7-8,18H2,1-3H3. The Balaban J connectivity index is 2.86. The largest absolute Gasteiger partial charge is 0.481 e. The molecule has 0 saturated carbocycles. The zero-order chi connectivity index (χ0) is 16.3. The van der Waals surface area contributed by atoms with E-state index in [4.69, 9.17) is 15.2 Å². The molecule has 0 unspecified atom stereocenters. The van der Waals surface area contributed by atoms with Gasteiger partial charge in [0.1, 0.15) is 11.4 Å². The number of alkyl halides is 3. The summed E-state index contributed by atoms with van der Waals surface area (Å²) in [5.74, 6) is -1.16. The highest BCUT2D eigenvalue weighted by molar-refractivity contribution is 5.71. The van der Waals surface area contributed by atoms with Gasteiger partial charge in [-0.3, -0.25) is 0 Å². The van der Waals surface area contributed by atoms with Crippen LogP contribution in [0, 0.1) is 0 Å². The number of esters is 1. The maximum absolute atomic E-state index is 12.9. The van der Waals surface area contributed by atoms with E-state index in [0.717, 1.165) is 12.1 Å². The number of hydrogen-bond donors (Lipinski definition) is 1. The quantitative estimate of drug-likeness (QED) is 0.869. The molecule has 21 heavy (non-hydrogen) atoms. The highest BCUT2D eigenvalue weighted by Crippen LogP contribution is 2.36. The molecule has 4 nitrogen and oxygen atoms in total. The van der Waals surface area contributed by atoms with Crippen LogP contribution in [0.2, 0.25) is 0 Å². The third-order valence-corrected chi connectivity index (χ3v) is 2.35. The van der Waals surface area contributed by atoms with E-state index in [-0.39, 0.29) is 6.54 Å². The summed E-state index contributed by atoms with van der Waals surface area (Å²) in [5.41, 5.74) is 3.96. The van der Waals surface area contributed by atoms with Gasteiger partial charge in [0.05, 0.1) is 5.56 Å². The summed E-state index contributed by atoms with van der Waals surface area (Å²) in [5, 5.41) is 0. The van der Waals surface area contributed by atoms with Gasteiger partial charge in [-0.25, -0.2) is 4.79 Å². The van der Waals surface area contributed by atoms with Crippen LogP contribution < -0.4 is 10.5 Å². The van der Waals surface area contributed by atoms with Crippen molar-refractivity contribution in [3.63, 3.8) is 0 Å². The Morgan fingerprint density at radius 2 is 1.86 bits per heavy atom. The van der Waals surface area contributed by atoms with Gasteiger partial charge in [0, 0.05) is 6.54 Å². The van der Waals surface area contributed by atoms with Crippen molar-refractivity contribution >= 4 is 5.97 Å². The summed E-state index contributed by atoms with van der Waals surface area (Å²) in [6, 6.07) is 3.47. The molecule has 118 valence electrons. The smallest absolute Gasteiger partial charge is 0.419 e. The van der Waals surface area contributed by atoms with E-state index < -0.39 is 35.7 Å². The van der Waals surface area contributed by atoms with E-state index >= 15 is 0 Å². The number of rotatable bonds is 4. The first-order chi connectivity index (χ1) is 9.53. The Bertz CT molecular complexity index is 507. The second-order valence-corrected chi connectivity index (χ2v) is 5.41. The lowest BCUT2D eigenvalue weighted by Gasteiger charge is -2.20.